The van der Waals surface area contributed by atoms with Crippen molar-refractivity contribution in [3.05, 3.63) is 17.7 Å². The highest BCUT2D eigenvalue weighted by Gasteiger charge is 2.50. The monoisotopic (exact) mass is 649 g/mol. The number of hydrogen-bond donors (Lipinski definition) is 2. The van der Waals surface area contributed by atoms with E-state index in [0.29, 0.717) is 62.4 Å². The highest BCUT2D eigenvalue weighted by atomic mass is 35.5. The topological polar surface area (TPSA) is 87.7 Å². The highest BCUT2D eigenvalue weighted by molar-refractivity contribution is 6.21. The molecule has 8 atom stereocenters. The molecule has 6 aliphatic heterocycles. The molecule has 1 saturated carbocycles. The lowest BCUT2D eigenvalue weighted by atomic mass is 9.66. The van der Waals surface area contributed by atoms with E-state index in [1.807, 2.05) is 4.90 Å². The molecule has 8 heterocycles. The Morgan fingerprint density at radius 3 is 2.93 bits per heavy atom. The molecule has 0 spiro atoms. The van der Waals surface area contributed by atoms with Crippen LogP contribution >= 0.6 is 11.6 Å². The number of pyridine rings is 1. The van der Waals surface area contributed by atoms with Gasteiger partial charge in [0.2, 0.25) is 0 Å². The number of alkyl halides is 3. The third kappa shape index (κ3) is 5.46. The minimum atomic E-state index is -1.56. The maximum absolute atomic E-state index is 17.0. The first-order valence-electron chi connectivity index (χ1n) is 16.8. The molecule has 1 aliphatic carbocycles. The van der Waals surface area contributed by atoms with Crippen LogP contribution < -0.4 is 20.5 Å². The maximum atomic E-state index is 17.0. The normalized spacial score (nSPS) is 38.9. The van der Waals surface area contributed by atoms with Gasteiger partial charge in [-0.3, -0.25) is 20.7 Å². The van der Waals surface area contributed by atoms with Crippen molar-refractivity contribution in [3.63, 3.8) is 0 Å². The van der Waals surface area contributed by atoms with Crippen molar-refractivity contribution in [2.75, 3.05) is 57.4 Å². The van der Waals surface area contributed by atoms with E-state index in [1.54, 1.807) is 6.20 Å². The van der Waals surface area contributed by atoms with Crippen molar-refractivity contribution in [2.24, 2.45) is 11.8 Å². The zero-order valence-corrected chi connectivity index (χ0v) is 26.4. The van der Waals surface area contributed by atoms with Crippen molar-refractivity contribution in [2.45, 2.75) is 92.5 Å². The molecule has 5 fully saturated rings. The summed E-state index contributed by atoms with van der Waals surface area (Å²) in [5, 5.41) is 0.277. The predicted molar refractivity (Wildman–Crippen MR) is 165 cm³/mol. The molecule has 13 heteroatoms. The average Bonchev–Trinajstić information content (AvgIpc) is 3.72. The largest absolute Gasteiger partial charge is 0.461 e. The first-order valence-corrected chi connectivity index (χ1v) is 17.3. The fraction of sp³-hybridized carbons (Fsp3) is 0.781. The van der Waals surface area contributed by atoms with Crippen LogP contribution in [-0.4, -0.2) is 101 Å². The number of nitrogens with zero attached hydrogens (tertiary/aromatic N) is 5. The Hall–Kier alpha value is -1.99. The summed E-state index contributed by atoms with van der Waals surface area (Å²) < 4.78 is 59.9. The Bertz CT molecular complexity index is 1430. The van der Waals surface area contributed by atoms with Crippen LogP contribution in [-0.2, 0) is 4.74 Å². The zero-order valence-electron chi connectivity index (χ0n) is 25.6. The molecular weight excluding hydrogens is 607 g/mol. The van der Waals surface area contributed by atoms with Gasteiger partial charge in [0.15, 0.2) is 11.5 Å². The van der Waals surface area contributed by atoms with Crippen LogP contribution in [0.15, 0.2) is 6.20 Å². The number of ether oxygens (including phenoxy) is 2. The quantitative estimate of drug-likeness (QED) is 0.469. The minimum Gasteiger partial charge on any atom is -0.461 e. The van der Waals surface area contributed by atoms with Gasteiger partial charge in [-0.1, -0.05) is 6.42 Å². The first-order chi connectivity index (χ1) is 21.8. The van der Waals surface area contributed by atoms with Gasteiger partial charge in [0.05, 0.1) is 29.8 Å². The van der Waals surface area contributed by atoms with Crippen LogP contribution in [0.2, 0.25) is 0 Å². The summed E-state index contributed by atoms with van der Waals surface area (Å²) in [5.41, 5.74) is 5.15. The molecule has 0 radical (unpaired) electrons. The molecule has 2 N–H and O–H groups in total. The van der Waals surface area contributed by atoms with E-state index < -0.39 is 23.2 Å². The molecule has 0 aromatic carbocycles. The first kappa shape index (κ1) is 30.4. The van der Waals surface area contributed by atoms with Crippen molar-refractivity contribution in [3.8, 4) is 6.01 Å². The third-order valence-electron chi connectivity index (χ3n) is 11.5. The van der Waals surface area contributed by atoms with Crippen LogP contribution in [0, 0.1) is 17.7 Å². The van der Waals surface area contributed by atoms with E-state index in [4.69, 9.17) is 31.0 Å². The summed E-state index contributed by atoms with van der Waals surface area (Å²) in [6.07, 6.45) is 7.20. The summed E-state index contributed by atoms with van der Waals surface area (Å²) in [4.78, 5) is 18.3. The minimum absolute atomic E-state index is 0.000657. The molecular formula is C32H43ClF3N7O2. The fourth-order valence-electron chi connectivity index (χ4n) is 9.34. The SMILES string of the molecule is Fc1c2ncc3c(nc(OC[C@@]45CCCN4C[C@H](F)C5)nc13)N1CCC[C@@](F)(COCCCCC3C(Cl)CC4NNCC4C23)C1. The van der Waals surface area contributed by atoms with Crippen molar-refractivity contribution >= 4 is 28.3 Å². The van der Waals surface area contributed by atoms with Crippen LogP contribution in [0.5, 0.6) is 6.01 Å². The molecule has 2 aromatic rings. The summed E-state index contributed by atoms with van der Waals surface area (Å²) >= 11 is 7.05. The molecule has 45 heavy (non-hydrogen) atoms. The van der Waals surface area contributed by atoms with E-state index in [0.717, 1.165) is 45.1 Å². The molecule has 4 saturated heterocycles. The zero-order chi connectivity index (χ0) is 30.8. The maximum Gasteiger partial charge on any atom is 0.319 e. The second-order valence-corrected chi connectivity index (χ2v) is 14.9. The molecule has 9 nitrogen and oxygen atoms in total. The van der Waals surface area contributed by atoms with Gasteiger partial charge in [0, 0.05) is 56.2 Å². The van der Waals surface area contributed by atoms with Crippen LogP contribution in [0.3, 0.4) is 0 Å². The molecule has 246 valence electrons. The number of hydrazine groups is 1. The van der Waals surface area contributed by atoms with Gasteiger partial charge in [-0.25, -0.2) is 13.2 Å². The standard InChI is InChI=1S/C32H43ClF3N7O2/c33-23-11-24-21(14-38-41-24)25-20(23)5-1-2-10-44-17-31(36)6-3-8-42(16-31)29-22-13-37-28(25)26(35)27(22)39-30(40-29)45-18-32-7-4-9-43(32)15-19(34)12-32/h13,19-21,23-25,38,41H,1-12,14-18H2/t19-,20?,21?,23?,24?,25?,31+,32+/m1/s1. The highest BCUT2D eigenvalue weighted by Crippen LogP contribution is 2.48. The number of rotatable bonds is 3. The van der Waals surface area contributed by atoms with Crippen molar-refractivity contribution < 1.29 is 22.6 Å². The molecule has 9 rings (SSSR count). The number of nitrogens with one attached hydrogen (secondary N) is 2. The smallest absolute Gasteiger partial charge is 0.319 e. The summed E-state index contributed by atoms with van der Waals surface area (Å²) in [6.45, 7) is 3.26. The van der Waals surface area contributed by atoms with Crippen LogP contribution in [0.4, 0.5) is 19.0 Å². The van der Waals surface area contributed by atoms with Gasteiger partial charge in [-0.2, -0.15) is 9.97 Å². The molecule has 2 aromatic heterocycles. The van der Waals surface area contributed by atoms with E-state index >= 15 is 8.78 Å². The number of anilines is 1. The fourth-order valence-corrected chi connectivity index (χ4v) is 9.81. The van der Waals surface area contributed by atoms with Crippen molar-refractivity contribution in [1.29, 1.82) is 0 Å². The van der Waals surface area contributed by atoms with Gasteiger partial charge in [0.25, 0.3) is 0 Å². The van der Waals surface area contributed by atoms with Gasteiger partial charge >= 0.3 is 6.01 Å². The summed E-state index contributed by atoms with van der Waals surface area (Å²) in [5.74, 6) is -0.159. The molecule has 0 amide bonds. The van der Waals surface area contributed by atoms with Gasteiger partial charge in [-0.15, -0.1) is 11.6 Å². The second kappa shape index (κ2) is 11.9. The Labute approximate surface area is 266 Å². The van der Waals surface area contributed by atoms with Crippen molar-refractivity contribution in [1.82, 2.24) is 30.7 Å². The lowest BCUT2D eigenvalue weighted by Crippen LogP contribution is -2.48. The number of hydrogen-bond acceptors (Lipinski definition) is 9. The van der Waals surface area contributed by atoms with Crippen LogP contribution in [0.25, 0.3) is 10.9 Å². The second-order valence-electron chi connectivity index (χ2n) is 14.4. The Balaban J connectivity index is 1.23. The number of piperidine rings is 1. The summed E-state index contributed by atoms with van der Waals surface area (Å²) in [6, 6.07) is 0.145. The molecule has 5 unspecified atom stereocenters. The third-order valence-corrected chi connectivity index (χ3v) is 12.0. The number of fused-ring (bicyclic) bond motifs is 8. The van der Waals surface area contributed by atoms with E-state index in [2.05, 4.69) is 20.7 Å². The Morgan fingerprint density at radius 1 is 1.13 bits per heavy atom. The number of halogens is 4. The predicted octanol–water partition coefficient (Wildman–Crippen LogP) is 4.43. The Kier molecular flexibility index (Phi) is 8.04. The lowest BCUT2D eigenvalue weighted by molar-refractivity contribution is 0.00448. The van der Waals surface area contributed by atoms with Gasteiger partial charge < -0.3 is 14.4 Å². The van der Waals surface area contributed by atoms with Crippen LogP contribution in [0.1, 0.15) is 69.4 Å². The summed E-state index contributed by atoms with van der Waals surface area (Å²) in [7, 11) is 0. The molecule has 7 aliphatic rings. The van der Waals surface area contributed by atoms with Gasteiger partial charge in [0.1, 0.15) is 24.1 Å². The average molecular weight is 650 g/mol. The molecule has 6 bridgehead atoms. The number of aromatic nitrogens is 3. The van der Waals surface area contributed by atoms with E-state index in [1.165, 1.54) is 0 Å². The van der Waals surface area contributed by atoms with E-state index in [9.17, 15) is 4.39 Å². The lowest BCUT2D eigenvalue weighted by Gasteiger charge is -2.42. The Morgan fingerprint density at radius 2 is 2.02 bits per heavy atom. The van der Waals surface area contributed by atoms with Gasteiger partial charge in [-0.05, 0) is 63.3 Å². The van der Waals surface area contributed by atoms with E-state index in [-0.39, 0.29) is 60.5 Å².